The fraction of sp³-hybridized carbons (Fsp3) is 0. The van der Waals surface area contributed by atoms with E-state index in [0.29, 0.717) is 5.02 Å². The summed E-state index contributed by atoms with van der Waals surface area (Å²) in [5.74, 6) is 0.0664. The van der Waals surface area contributed by atoms with Crippen LogP contribution >= 0.6 is 11.6 Å². The van der Waals surface area contributed by atoms with Gasteiger partial charge < -0.3 is 0 Å². The fourth-order valence-corrected chi connectivity index (χ4v) is 1.33. The summed E-state index contributed by atoms with van der Waals surface area (Å²) in [7, 11) is 0. The largest absolute Gasteiger partial charge is 1.00 e. The molecular formula is C9H7ClO+2. The van der Waals surface area contributed by atoms with Gasteiger partial charge in [0.1, 0.15) is 0 Å². The Morgan fingerprint density at radius 1 is 1.27 bits per heavy atom. The highest BCUT2D eigenvalue weighted by Gasteiger charge is 2.12. The van der Waals surface area contributed by atoms with Crippen LogP contribution in [0.3, 0.4) is 0 Å². The summed E-state index contributed by atoms with van der Waals surface area (Å²) in [5.41, 5.74) is 1.66. The van der Waals surface area contributed by atoms with Crippen molar-refractivity contribution in [1.82, 2.24) is 0 Å². The van der Waals surface area contributed by atoms with E-state index in [4.69, 9.17) is 11.6 Å². The zero-order valence-electron chi connectivity index (χ0n) is 7.67. The van der Waals surface area contributed by atoms with Gasteiger partial charge in [0, 0.05) is 10.6 Å². The molecule has 0 fully saturated rings. The van der Waals surface area contributed by atoms with Crippen LogP contribution in [0.15, 0.2) is 24.3 Å². The van der Waals surface area contributed by atoms with E-state index in [1.54, 1.807) is 30.4 Å². The Morgan fingerprint density at radius 3 is 2.91 bits per heavy atom. The van der Waals surface area contributed by atoms with Crippen LogP contribution in [-0.2, 0) is 0 Å². The third kappa shape index (κ3) is 0.976. The maximum absolute atomic E-state index is 11.0. The van der Waals surface area contributed by atoms with E-state index >= 15 is 0 Å². The van der Waals surface area contributed by atoms with Crippen LogP contribution in [0.25, 0.3) is 6.08 Å². The topological polar surface area (TPSA) is 17.1 Å². The predicted molar refractivity (Wildman–Crippen MR) is 47.0 cm³/mol. The number of ketones is 1. The maximum atomic E-state index is 11.0. The Hall–Kier alpha value is -1.08. The van der Waals surface area contributed by atoms with E-state index in [2.05, 4.69) is 0 Å². The molecule has 0 atom stereocenters. The summed E-state index contributed by atoms with van der Waals surface area (Å²) < 4.78 is 0. The van der Waals surface area contributed by atoms with Crippen molar-refractivity contribution >= 4 is 23.5 Å². The summed E-state index contributed by atoms with van der Waals surface area (Å²) in [6, 6.07) is 5.27. The van der Waals surface area contributed by atoms with Crippen molar-refractivity contribution in [3.63, 3.8) is 0 Å². The van der Waals surface area contributed by atoms with Gasteiger partial charge in [0.25, 0.3) is 0 Å². The molecule has 1 aromatic carbocycles. The van der Waals surface area contributed by atoms with Gasteiger partial charge in [-0.05, 0) is 29.8 Å². The van der Waals surface area contributed by atoms with Crippen LogP contribution in [0.5, 0.6) is 0 Å². The molecule has 0 saturated heterocycles. The summed E-state index contributed by atoms with van der Waals surface area (Å²) in [6.07, 6.45) is 3.34. The van der Waals surface area contributed by atoms with Crippen LogP contribution in [0.4, 0.5) is 0 Å². The monoisotopic (exact) mass is 166 g/mol. The SMILES string of the molecule is O=C1C=Cc2cc(Cl)ccc21.[H+].[H+]. The van der Waals surface area contributed by atoms with Gasteiger partial charge in [-0.3, -0.25) is 4.79 Å². The average Bonchev–Trinajstić information content (AvgIpc) is 2.32. The highest BCUT2D eigenvalue weighted by atomic mass is 35.5. The van der Waals surface area contributed by atoms with Gasteiger partial charge in [0.05, 0.1) is 0 Å². The number of carbonyl (C=O) groups is 1. The molecule has 54 valence electrons. The van der Waals surface area contributed by atoms with Crippen molar-refractivity contribution in [3.8, 4) is 0 Å². The second-order valence-electron chi connectivity index (χ2n) is 2.43. The lowest BCUT2D eigenvalue weighted by Gasteiger charge is -1.95. The average molecular weight is 167 g/mol. The number of allylic oxidation sites excluding steroid dienone is 1. The van der Waals surface area contributed by atoms with Crippen molar-refractivity contribution in [2.75, 3.05) is 0 Å². The first-order chi connectivity index (χ1) is 5.27. The molecule has 1 aromatic rings. The number of hydrogen-bond donors (Lipinski definition) is 0. The first-order valence-corrected chi connectivity index (χ1v) is 3.67. The molecule has 1 aliphatic carbocycles. The number of rotatable bonds is 0. The number of fused-ring (bicyclic) bond motifs is 1. The zero-order valence-corrected chi connectivity index (χ0v) is 6.43. The minimum absolute atomic E-state index is 0. The molecule has 1 aliphatic rings. The molecule has 0 N–H and O–H groups in total. The lowest BCUT2D eigenvalue weighted by atomic mass is 10.1. The van der Waals surface area contributed by atoms with Crippen molar-refractivity contribution < 1.29 is 7.65 Å². The minimum atomic E-state index is 0. The Kier molecular flexibility index (Phi) is 1.33. The third-order valence-electron chi connectivity index (χ3n) is 1.69. The van der Waals surface area contributed by atoms with Crippen LogP contribution in [0.1, 0.15) is 18.8 Å². The molecule has 0 heterocycles. The van der Waals surface area contributed by atoms with E-state index in [1.807, 2.05) is 0 Å². The Labute approximate surface area is 72.3 Å². The van der Waals surface area contributed by atoms with Crippen molar-refractivity contribution in [1.29, 1.82) is 0 Å². The second-order valence-corrected chi connectivity index (χ2v) is 2.87. The van der Waals surface area contributed by atoms with Gasteiger partial charge in [-0.1, -0.05) is 17.7 Å². The lowest BCUT2D eigenvalue weighted by Crippen LogP contribution is -1.89. The number of hydrogen-bond acceptors (Lipinski definition) is 1. The first kappa shape index (κ1) is 6.62. The van der Waals surface area contributed by atoms with Crippen molar-refractivity contribution in [2.45, 2.75) is 0 Å². The van der Waals surface area contributed by atoms with Gasteiger partial charge in [0.2, 0.25) is 0 Å². The van der Waals surface area contributed by atoms with Crippen LogP contribution in [-0.4, -0.2) is 5.78 Å². The summed E-state index contributed by atoms with van der Waals surface area (Å²) in [5, 5.41) is 0.670. The van der Waals surface area contributed by atoms with E-state index in [1.165, 1.54) is 0 Å². The Bertz CT molecular complexity index is 361. The fourth-order valence-electron chi connectivity index (χ4n) is 1.15. The highest BCUT2D eigenvalue weighted by molar-refractivity contribution is 6.31. The van der Waals surface area contributed by atoms with Crippen LogP contribution in [0, 0.1) is 0 Å². The molecule has 0 amide bonds. The Balaban J connectivity index is 0.000000720. The van der Waals surface area contributed by atoms with E-state index in [9.17, 15) is 4.79 Å². The van der Waals surface area contributed by atoms with E-state index < -0.39 is 0 Å². The molecule has 0 unspecified atom stereocenters. The summed E-state index contributed by atoms with van der Waals surface area (Å²) in [6.45, 7) is 0. The lowest BCUT2D eigenvalue weighted by molar-refractivity contribution is 0.105. The maximum Gasteiger partial charge on any atom is 1.00 e. The summed E-state index contributed by atoms with van der Waals surface area (Å²) >= 11 is 5.73. The second kappa shape index (κ2) is 2.21. The number of halogens is 1. The molecule has 0 spiro atoms. The standard InChI is InChI=1S/C9H5ClO/c10-7-2-3-8-6(5-7)1-4-9(8)11/h1-5H/p+2. The molecule has 0 aromatic heterocycles. The van der Waals surface area contributed by atoms with Crippen molar-refractivity contribution in [3.05, 3.63) is 40.4 Å². The molecule has 0 bridgehead atoms. The number of carbonyl (C=O) groups excluding carboxylic acids is 1. The molecule has 1 nitrogen and oxygen atoms in total. The first-order valence-electron chi connectivity index (χ1n) is 3.29. The summed E-state index contributed by atoms with van der Waals surface area (Å²) in [4.78, 5) is 11.0. The highest BCUT2D eigenvalue weighted by Crippen LogP contribution is 2.22. The zero-order chi connectivity index (χ0) is 7.84. The normalized spacial score (nSPS) is 13.7. The Morgan fingerprint density at radius 2 is 2.09 bits per heavy atom. The van der Waals surface area contributed by atoms with E-state index in [0.717, 1.165) is 11.1 Å². The predicted octanol–water partition coefficient (Wildman–Crippen LogP) is 2.77. The van der Waals surface area contributed by atoms with Gasteiger partial charge in [0.15, 0.2) is 5.78 Å². The molecule has 11 heavy (non-hydrogen) atoms. The van der Waals surface area contributed by atoms with Gasteiger partial charge in [-0.15, -0.1) is 0 Å². The number of benzene rings is 1. The van der Waals surface area contributed by atoms with Gasteiger partial charge in [-0.2, -0.15) is 0 Å². The molecule has 0 radical (unpaired) electrons. The molecule has 2 rings (SSSR count). The quantitative estimate of drug-likeness (QED) is 0.579. The van der Waals surface area contributed by atoms with Crippen LogP contribution in [0.2, 0.25) is 5.02 Å². The third-order valence-corrected chi connectivity index (χ3v) is 1.93. The van der Waals surface area contributed by atoms with Gasteiger partial charge in [-0.25, -0.2) is 0 Å². The molecular weight excluding hydrogens is 160 g/mol. The minimum Gasteiger partial charge on any atom is -0.289 e. The smallest absolute Gasteiger partial charge is 0.289 e. The van der Waals surface area contributed by atoms with E-state index in [-0.39, 0.29) is 8.64 Å². The van der Waals surface area contributed by atoms with Crippen LogP contribution < -0.4 is 0 Å². The molecule has 2 heteroatoms. The molecule has 0 saturated carbocycles. The van der Waals surface area contributed by atoms with Crippen molar-refractivity contribution in [2.24, 2.45) is 0 Å². The van der Waals surface area contributed by atoms with Gasteiger partial charge >= 0.3 is 2.85 Å². The molecule has 0 aliphatic heterocycles.